The lowest BCUT2D eigenvalue weighted by Crippen LogP contribution is -2.44. The van der Waals surface area contributed by atoms with Crippen LogP contribution in [0.2, 0.25) is 0 Å². The maximum Gasteiger partial charge on any atom is 0.262 e. The third-order valence-corrected chi connectivity index (χ3v) is 4.85. The quantitative estimate of drug-likeness (QED) is 0.847. The molecule has 8 heteroatoms. The highest BCUT2D eigenvalue weighted by Crippen LogP contribution is 2.15. The van der Waals surface area contributed by atoms with Gasteiger partial charge in [-0.15, -0.1) is 11.3 Å². The van der Waals surface area contributed by atoms with Crippen molar-refractivity contribution in [3.8, 4) is 0 Å². The molecule has 3 heterocycles. The minimum Gasteiger partial charge on any atom is -0.355 e. The van der Waals surface area contributed by atoms with Gasteiger partial charge in [-0.3, -0.25) is 19.0 Å². The number of aryl methyl sites for hydroxylation is 1. The zero-order valence-corrected chi connectivity index (χ0v) is 13.6. The second kappa shape index (κ2) is 6.49. The molecule has 1 aliphatic heterocycles. The number of amides is 2. The van der Waals surface area contributed by atoms with Crippen LogP contribution in [0.5, 0.6) is 0 Å². The van der Waals surface area contributed by atoms with Crippen molar-refractivity contribution in [2.75, 3.05) is 13.1 Å². The van der Waals surface area contributed by atoms with E-state index >= 15 is 0 Å². The Morgan fingerprint density at radius 1 is 1.52 bits per heavy atom. The normalized spacial score (nSPS) is 18.0. The van der Waals surface area contributed by atoms with E-state index in [0.29, 0.717) is 43.7 Å². The highest BCUT2D eigenvalue weighted by atomic mass is 32.1. The topological polar surface area (TPSA) is 93.1 Å². The third kappa shape index (κ3) is 3.26. The number of carbonyl (C=O) groups is 2. The largest absolute Gasteiger partial charge is 0.355 e. The van der Waals surface area contributed by atoms with Crippen LogP contribution in [0.15, 0.2) is 16.2 Å². The number of nitrogens with one attached hydrogen (secondary N) is 2. The maximum atomic E-state index is 12.4. The molecule has 2 aromatic rings. The Labute approximate surface area is 136 Å². The van der Waals surface area contributed by atoms with Crippen LogP contribution in [-0.2, 0) is 16.1 Å². The molecule has 2 aromatic heterocycles. The molecular weight excluding hydrogens is 316 g/mol. The maximum absolute atomic E-state index is 12.4. The van der Waals surface area contributed by atoms with Crippen molar-refractivity contribution < 1.29 is 9.59 Å². The van der Waals surface area contributed by atoms with Crippen LogP contribution in [0.1, 0.15) is 18.7 Å². The summed E-state index contributed by atoms with van der Waals surface area (Å²) in [4.78, 5) is 40.7. The smallest absolute Gasteiger partial charge is 0.262 e. The zero-order chi connectivity index (χ0) is 16.4. The summed E-state index contributed by atoms with van der Waals surface area (Å²) < 4.78 is 1.58. The van der Waals surface area contributed by atoms with E-state index in [-0.39, 0.29) is 23.3 Å². The van der Waals surface area contributed by atoms with Gasteiger partial charge >= 0.3 is 0 Å². The molecule has 3 rings (SSSR count). The van der Waals surface area contributed by atoms with Crippen LogP contribution >= 0.6 is 11.3 Å². The minimum atomic E-state index is -0.192. The van der Waals surface area contributed by atoms with Crippen LogP contribution in [-0.4, -0.2) is 34.5 Å². The van der Waals surface area contributed by atoms with Crippen LogP contribution in [0.3, 0.4) is 0 Å². The van der Waals surface area contributed by atoms with Gasteiger partial charge in [0.1, 0.15) is 10.7 Å². The first-order valence-electron chi connectivity index (χ1n) is 7.55. The summed E-state index contributed by atoms with van der Waals surface area (Å²) in [5, 5.41) is 7.99. The number of nitrogens with zero attached hydrogens (tertiary/aromatic N) is 2. The zero-order valence-electron chi connectivity index (χ0n) is 12.8. The Hall–Kier alpha value is -2.22. The molecule has 1 aliphatic rings. The molecule has 2 N–H and O–H groups in total. The summed E-state index contributed by atoms with van der Waals surface area (Å²) in [5.41, 5.74) is -0.0760. The Morgan fingerprint density at radius 2 is 2.35 bits per heavy atom. The van der Waals surface area contributed by atoms with Crippen LogP contribution in [0.4, 0.5) is 0 Å². The van der Waals surface area contributed by atoms with Crippen LogP contribution in [0.25, 0.3) is 10.2 Å². The SMILES string of the molecule is Cc1nc2sccc2c(=O)n1CCNC(=O)C1CCC(=O)NC1. The van der Waals surface area contributed by atoms with Crippen molar-refractivity contribution in [2.45, 2.75) is 26.3 Å². The summed E-state index contributed by atoms with van der Waals surface area (Å²) in [5.74, 6) is 0.360. The van der Waals surface area contributed by atoms with Gasteiger partial charge in [0, 0.05) is 26.1 Å². The molecule has 0 bridgehead atoms. The van der Waals surface area contributed by atoms with Gasteiger partial charge in [-0.2, -0.15) is 0 Å². The predicted molar refractivity (Wildman–Crippen MR) is 87.4 cm³/mol. The second-order valence-corrected chi connectivity index (χ2v) is 6.48. The standard InChI is InChI=1S/C15H18N4O3S/c1-9-18-14-11(4-7-23-14)15(22)19(9)6-5-16-13(21)10-2-3-12(20)17-8-10/h4,7,10H,2-3,5-6,8H2,1H3,(H,16,21)(H,17,20). The Bertz CT molecular complexity index is 801. The number of rotatable bonds is 4. The van der Waals surface area contributed by atoms with Crippen LogP contribution < -0.4 is 16.2 Å². The fraction of sp³-hybridized carbons (Fsp3) is 0.467. The van der Waals surface area contributed by atoms with E-state index in [4.69, 9.17) is 0 Å². The lowest BCUT2D eigenvalue weighted by atomic mass is 9.98. The first-order valence-corrected chi connectivity index (χ1v) is 8.43. The molecule has 1 atom stereocenters. The summed E-state index contributed by atoms with van der Waals surface area (Å²) in [6, 6.07) is 1.77. The summed E-state index contributed by atoms with van der Waals surface area (Å²) >= 11 is 1.44. The highest BCUT2D eigenvalue weighted by Gasteiger charge is 2.24. The second-order valence-electron chi connectivity index (χ2n) is 5.59. The summed E-state index contributed by atoms with van der Waals surface area (Å²) in [6.07, 6.45) is 0.953. The predicted octanol–water partition coefficient (Wildman–Crippen LogP) is 0.409. The first-order chi connectivity index (χ1) is 11.1. The molecule has 1 saturated heterocycles. The highest BCUT2D eigenvalue weighted by molar-refractivity contribution is 7.16. The molecule has 122 valence electrons. The van der Waals surface area contributed by atoms with E-state index in [0.717, 1.165) is 4.83 Å². The molecule has 2 amide bonds. The number of carbonyl (C=O) groups excluding carboxylic acids is 2. The molecule has 1 fully saturated rings. The van der Waals surface area contributed by atoms with E-state index in [1.807, 2.05) is 5.38 Å². The Kier molecular flexibility index (Phi) is 4.42. The van der Waals surface area contributed by atoms with Crippen molar-refractivity contribution in [3.63, 3.8) is 0 Å². The molecule has 0 spiro atoms. The van der Waals surface area contributed by atoms with E-state index in [9.17, 15) is 14.4 Å². The van der Waals surface area contributed by atoms with Gasteiger partial charge in [-0.25, -0.2) is 4.98 Å². The van der Waals surface area contributed by atoms with Crippen molar-refractivity contribution >= 4 is 33.4 Å². The van der Waals surface area contributed by atoms with Gasteiger partial charge in [0.2, 0.25) is 11.8 Å². The number of fused-ring (bicyclic) bond motifs is 1. The van der Waals surface area contributed by atoms with Crippen LogP contribution in [0, 0.1) is 12.8 Å². The van der Waals surface area contributed by atoms with E-state index in [1.165, 1.54) is 11.3 Å². The number of hydrogen-bond donors (Lipinski definition) is 2. The molecule has 0 aromatic carbocycles. The molecule has 23 heavy (non-hydrogen) atoms. The lowest BCUT2D eigenvalue weighted by Gasteiger charge is -2.21. The van der Waals surface area contributed by atoms with Gasteiger partial charge in [0.25, 0.3) is 5.56 Å². The number of hydrogen-bond acceptors (Lipinski definition) is 5. The van der Waals surface area contributed by atoms with Gasteiger partial charge in [0.15, 0.2) is 0 Å². The Morgan fingerprint density at radius 3 is 3.09 bits per heavy atom. The fourth-order valence-corrected chi connectivity index (χ4v) is 3.51. The van der Waals surface area contributed by atoms with Gasteiger partial charge in [0.05, 0.1) is 11.3 Å². The average Bonchev–Trinajstić information content (AvgIpc) is 2.99. The van der Waals surface area contributed by atoms with Gasteiger partial charge in [-0.05, 0) is 24.8 Å². The minimum absolute atomic E-state index is 0.00799. The molecule has 7 nitrogen and oxygen atoms in total. The number of aromatic nitrogens is 2. The number of thiophene rings is 1. The van der Waals surface area contributed by atoms with E-state index in [2.05, 4.69) is 15.6 Å². The molecule has 1 unspecified atom stereocenters. The van der Waals surface area contributed by atoms with E-state index in [1.54, 1.807) is 17.6 Å². The van der Waals surface area contributed by atoms with Gasteiger partial charge in [-0.1, -0.05) is 0 Å². The molecule has 0 radical (unpaired) electrons. The summed E-state index contributed by atoms with van der Waals surface area (Å²) in [7, 11) is 0. The third-order valence-electron chi connectivity index (χ3n) is 4.05. The van der Waals surface area contributed by atoms with Crippen molar-refractivity contribution in [1.82, 2.24) is 20.2 Å². The lowest BCUT2D eigenvalue weighted by molar-refractivity contribution is -0.128. The summed E-state index contributed by atoms with van der Waals surface area (Å²) in [6.45, 7) is 2.92. The molecule has 0 aliphatic carbocycles. The van der Waals surface area contributed by atoms with Crippen molar-refractivity contribution in [1.29, 1.82) is 0 Å². The van der Waals surface area contributed by atoms with Crippen molar-refractivity contribution in [2.24, 2.45) is 5.92 Å². The van der Waals surface area contributed by atoms with Gasteiger partial charge < -0.3 is 10.6 Å². The van der Waals surface area contributed by atoms with Crippen molar-refractivity contribution in [3.05, 3.63) is 27.6 Å². The first kappa shape index (κ1) is 15.7. The molecule has 0 saturated carbocycles. The fourth-order valence-electron chi connectivity index (χ4n) is 2.71. The van der Waals surface area contributed by atoms with E-state index < -0.39 is 0 Å². The average molecular weight is 334 g/mol. The Balaban J connectivity index is 1.61. The number of piperidine rings is 1. The monoisotopic (exact) mass is 334 g/mol. The molecular formula is C15H18N4O3S.